The van der Waals surface area contributed by atoms with E-state index < -0.39 is 0 Å². The van der Waals surface area contributed by atoms with Crippen molar-refractivity contribution in [2.24, 2.45) is 10.4 Å². The lowest BCUT2D eigenvalue weighted by atomic mass is 9.84. The topological polar surface area (TPSA) is 24.4 Å². The van der Waals surface area contributed by atoms with Gasteiger partial charge in [0.25, 0.3) is 0 Å². The second kappa shape index (κ2) is 6.59. The van der Waals surface area contributed by atoms with Crippen molar-refractivity contribution in [2.75, 3.05) is 17.6 Å². The number of amidine groups is 1. The molecule has 0 saturated carbocycles. The Morgan fingerprint density at radius 1 is 1.30 bits per heavy atom. The minimum atomic E-state index is 0.343. The molecule has 0 bridgehead atoms. The number of rotatable bonds is 3. The highest BCUT2D eigenvalue weighted by atomic mass is 35.5. The van der Waals surface area contributed by atoms with Gasteiger partial charge in [-0.25, -0.2) is 0 Å². The molecule has 110 valence electrons. The number of nitrogens with one attached hydrogen (secondary N) is 1. The van der Waals surface area contributed by atoms with Gasteiger partial charge in [0.15, 0.2) is 5.17 Å². The maximum Gasteiger partial charge on any atom is 0.161 e. The highest BCUT2D eigenvalue weighted by molar-refractivity contribution is 8.14. The molecule has 1 heterocycles. The summed E-state index contributed by atoms with van der Waals surface area (Å²) in [6.07, 6.45) is 2.33. The fourth-order valence-electron chi connectivity index (χ4n) is 2.18. The Morgan fingerprint density at radius 3 is 2.55 bits per heavy atom. The van der Waals surface area contributed by atoms with Crippen molar-refractivity contribution >= 4 is 45.8 Å². The number of thioether (sulfide) groups is 1. The Balaban J connectivity index is 2.17. The van der Waals surface area contributed by atoms with Gasteiger partial charge in [0.1, 0.15) is 0 Å². The van der Waals surface area contributed by atoms with E-state index in [-0.39, 0.29) is 0 Å². The predicted octanol–water partition coefficient (Wildman–Crippen LogP) is 5.62. The molecule has 0 aromatic heterocycles. The summed E-state index contributed by atoms with van der Waals surface area (Å²) in [7, 11) is 0. The first-order valence-corrected chi connectivity index (χ1v) is 8.64. The van der Waals surface area contributed by atoms with Crippen molar-refractivity contribution in [1.29, 1.82) is 0 Å². The van der Waals surface area contributed by atoms with Crippen molar-refractivity contribution in [3.63, 3.8) is 0 Å². The van der Waals surface area contributed by atoms with E-state index in [2.05, 4.69) is 24.2 Å². The molecule has 1 aliphatic rings. The van der Waals surface area contributed by atoms with Crippen LogP contribution in [-0.2, 0) is 0 Å². The zero-order valence-corrected chi connectivity index (χ0v) is 14.4. The minimum Gasteiger partial charge on any atom is -0.333 e. The molecule has 20 heavy (non-hydrogen) atoms. The molecule has 1 aromatic carbocycles. The molecule has 1 aromatic rings. The van der Waals surface area contributed by atoms with E-state index in [1.807, 2.05) is 19.1 Å². The highest BCUT2D eigenvalue weighted by Crippen LogP contribution is 2.38. The number of halogens is 2. The normalized spacial score (nSPS) is 17.8. The van der Waals surface area contributed by atoms with Gasteiger partial charge in [0.2, 0.25) is 0 Å². The van der Waals surface area contributed by atoms with Crippen LogP contribution in [0, 0.1) is 12.3 Å². The van der Waals surface area contributed by atoms with Crippen LogP contribution < -0.4 is 5.32 Å². The molecule has 1 aliphatic heterocycles. The SMILES string of the molecule is CCC1(CC)CN=C(Nc2c(Cl)ccc(C)c2Cl)SC1. The summed E-state index contributed by atoms with van der Waals surface area (Å²) in [6.45, 7) is 7.33. The molecule has 5 heteroatoms. The van der Waals surface area contributed by atoms with Crippen LogP contribution in [0.5, 0.6) is 0 Å². The van der Waals surface area contributed by atoms with Crippen molar-refractivity contribution in [3.05, 3.63) is 27.7 Å². The minimum absolute atomic E-state index is 0.343. The van der Waals surface area contributed by atoms with Gasteiger partial charge in [-0.2, -0.15) is 0 Å². The maximum atomic E-state index is 6.32. The summed E-state index contributed by atoms with van der Waals surface area (Å²) >= 11 is 14.3. The lowest BCUT2D eigenvalue weighted by Gasteiger charge is -2.33. The third kappa shape index (κ3) is 3.26. The number of aliphatic imine (C=N–C) groups is 1. The number of aryl methyl sites for hydroxylation is 1. The van der Waals surface area contributed by atoms with Gasteiger partial charge in [0, 0.05) is 12.3 Å². The summed E-state index contributed by atoms with van der Waals surface area (Å²) in [6, 6.07) is 3.78. The quantitative estimate of drug-likeness (QED) is 0.777. The van der Waals surface area contributed by atoms with Crippen LogP contribution >= 0.6 is 35.0 Å². The van der Waals surface area contributed by atoms with Gasteiger partial charge >= 0.3 is 0 Å². The first-order valence-electron chi connectivity index (χ1n) is 6.90. The van der Waals surface area contributed by atoms with Crippen LogP contribution in [0.25, 0.3) is 0 Å². The third-order valence-corrected chi connectivity index (χ3v) is 6.15. The van der Waals surface area contributed by atoms with E-state index in [1.54, 1.807) is 11.8 Å². The molecule has 0 amide bonds. The van der Waals surface area contributed by atoms with Crippen LogP contribution in [0.1, 0.15) is 32.3 Å². The van der Waals surface area contributed by atoms with Crippen molar-refractivity contribution < 1.29 is 0 Å². The largest absolute Gasteiger partial charge is 0.333 e. The second-order valence-electron chi connectivity index (χ2n) is 5.30. The molecular weight excluding hydrogens is 311 g/mol. The summed E-state index contributed by atoms with van der Waals surface area (Å²) < 4.78 is 0. The lowest BCUT2D eigenvalue weighted by molar-refractivity contribution is 0.318. The average Bonchev–Trinajstić information content (AvgIpc) is 2.48. The van der Waals surface area contributed by atoms with E-state index in [0.29, 0.717) is 15.5 Å². The molecule has 0 spiro atoms. The number of anilines is 1. The van der Waals surface area contributed by atoms with Gasteiger partial charge in [-0.05, 0) is 36.8 Å². The monoisotopic (exact) mass is 330 g/mol. The van der Waals surface area contributed by atoms with Crippen LogP contribution in [0.2, 0.25) is 10.0 Å². The van der Waals surface area contributed by atoms with Crippen molar-refractivity contribution in [2.45, 2.75) is 33.6 Å². The average molecular weight is 331 g/mol. The first kappa shape index (κ1) is 16.0. The Kier molecular flexibility index (Phi) is 5.27. The summed E-state index contributed by atoms with van der Waals surface area (Å²) in [5, 5.41) is 5.51. The number of nitrogens with zero attached hydrogens (tertiary/aromatic N) is 1. The van der Waals surface area contributed by atoms with Crippen LogP contribution in [0.4, 0.5) is 5.69 Å². The summed E-state index contributed by atoms with van der Waals surface area (Å²) in [4.78, 5) is 4.68. The van der Waals surface area contributed by atoms with E-state index in [0.717, 1.165) is 28.7 Å². The molecule has 0 saturated heterocycles. The molecule has 1 N–H and O–H groups in total. The zero-order chi connectivity index (χ0) is 14.8. The third-order valence-electron chi connectivity index (χ3n) is 4.09. The zero-order valence-electron chi connectivity index (χ0n) is 12.1. The molecule has 0 fully saturated rings. The molecule has 0 radical (unpaired) electrons. The molecule has 2 nitrogen and oxygen atoms in total. The van der Waals surface area contributed by atoms with E-state index >= 15 is 0 Å². The second-order valence-corrected chi connectivity index (χ2v) is 7.04. The van der Waals surface area contributed by atoms with E-state index in [1.165, 1.54) is 12.8 Å². The van der Waals surface area contributed by atoms with Gasteiger partial charge in [-0.1, -0.05) is 54.9 Å². The Labute approximate surface area is 135 Å². The van der Waals surface area contributed by atoms with E-state index in [4.69, 9.17) is 23.2 Å². The molecular formula is C15H20Cl2N2S. The van der Waals surface area contributed by atoms with Gasteiger partial charge < -0.3 is 5.32 Å². The maximum absolute atomic E-state index is 6.32. The molecule has 0 unspecified atom stereocenters. The first-order chi connectivity index (χ1) is 9.51. The summed E-state index contributed by atoms with van der Waals surface area (Å²) in [5.41, 5.74) is 2.12. The van der Waals surface area contributed by atoms with Crippen LogP contribution in [0.3, 0.4) is 0 Å². The number of hydrogen-bond acceptors (Lipinski definition) is 3. The standard InChI is InChI=1S/C15H20Cl2N2S/c1-4-15(5-2)8-18-14(20-9-15)19-13-11(16)7-6-10(3)12(13)17/h6-7H,4-5,8-9H2,1-3H3,(H,18,19). The van der Waals surface area contributed by atoms with E-state index in [9.17, 15) is 0 Å². The number of benzene rings is 1. The highest BCUT2D eigenvalue weighted by Gasteiger charge is 2.30. The Bertz CT molecular complexity index is 525. The lowest BCUT2D eigenvalue weighted by Crippen LogP contribution is -2.32. The van der Waals surface area contributed by atoms with Gasteiger partial charge in [-0.15, -0.1) is 0 Å². The van der Waals surface area contributed by atoms with Crippen LogP contribution in [-0.4, -0.2) is 17.5 Å². The number of hydrogen-bond donors (Lipinski definition) is 1. The van der Waals surface area contributed by atoms with Crippen molar-refractivity contribution in [3.8, 4) is 0 Å². The molecule has 0 aliphatic carbocycles. The molecule has 0 atom stereocenters. The van der Waals surface area contributed by atoms with Crippen molar-refractivity contribution in [1.82, 2.24) is 0 Å². The Hall–Kier alpha value is -0.380. The fourth-order valence-corrected chi connectivity index (χ4v) is 3.92. The van der Waals surface area contributed by atoms with Gasteiger partial charge in [-0.3, -0.25) is 4.99 Å². The molecule has 2 rings (SSSR count). The van der Waals surface area contributed by atoms with Crippen LogP contribution in [0.15, 0.2) is 17.1 Å². The fraction of sp³-hybridized carbons (Fsp3) is 0.533. The van der Waals surface area contributed by atoms with Gasteiger partial charge in [0.05, 0.1) is 15.7 Å². The summed E-state index contributed by atoms with van der Waals surface area (Å²) in [5.74, 6) is 1.09. The Morgan fingerprint density at radius 2 is 2.00 bits per heavy atom. The smallest absolute Gasteiger partial charge is 0.161 e. The predicted molar refractivity (Wildman–Crippen MR) is 92.6 cm³/mol.